The molecule has 2 N–H and O–H groups in total. The van der Waals surface area contributed by atoms with Crippen molar-refractivity contribution in [1.82, 2.24) is 0 Å². The molecule has 3 rings (SSSR count). The van der Waals surface area contributed by atoms with Crippen molar-refractivity contribution in [3.8, 4) is 0 Å². The Kier molecular flexibility index (Phi) is 3.95. The Morgan fingerprint density at radius 2 is 2.00 bits per heavy atom. The molecule has 0 saturated heterocycles. The first-order valence-corrected chi connectivity index (χ1v) is 8.19. The SMILES string of the molecule is NCC(CC1Cc2ccccc2S1)C1CCCC1. The van der Waals surface area contributed by atoms with Crippen LogP contribution in [-0.2, 0) is 6.42 Å². The standard InChI is InChI=1S/C16H23NS/c17-11-14(12-5-1-2-6-12)10-15-9-13-7-3-4-8-16(13)18-15/h3-4,7-8,12,14-15H,1-2,5-6,9-11,17H2. The van der Waals surface area contributed by atoms with Gasteiger partial charge in [-0.3, -0.25) is 0 Å². The topological polar surface area (TPSA) is 26.0 Å². The summed E-state index contributed by atoms with van der Waals surface area (Å²) in [6.45, 7) is 0.887. The first-order chi connectivity index (χ1) is 8.86. The second-order valence-electron chi connectivity index (χ2n) is 5.83. The van der Waals surface area contributed by atoms with Crippen molar-refractivity contribution in [3.05, 3.63) is 29.8 Å². The van der Waals surface area contributed by atoms with Gasteiger partial charge in [0.1, 0.15) is 0 Å². The van der Waals surface area contributed by atoms with Crippen LogP contribution in [0.4, 0.5) is 0 Å². The molecule has 1 saturated carbocycles. The molecule has 1 aromatic rings. The second kappa shape index (κ2) is 5.66. The van der Waals surface area contributed by atoms with Gasteiger partial charge in [0.15, 0.2) is 0 Å². The summed E-state index contributed by atoms with van der Waals surface area (Å²) in [5.41, 5.74) is 7.58. The highest BCUT2D eigenvalue weighted by Gasteiger charge is 2.29. The molecular formula is C16H23NS. The lowest BCUT2D eigenvalue weighted by Gasteiger charge is -2.24. The fourth-order valence-electron chi connectivity index (χ4n) is 3.63. The predicted octanol–water partition coefficient (Wildman–Crippen LogP) is 3.86. The van der Waals surface area contributed by atoms with E-state index in [1.165, 1.54) is 43.4 Å². The number of thioether (sulfide) groups is 1. The van der Waals surface area contributed by atoms with E-state index in [2.05, 4.69) is 36.0 Å². The van der Waals surface area contributed by atoms with Crippen LogP contribution in [0, 0.1) is 11.8 Å². The van der Waals surface area contributed by atoms with Crippen molar-refractivity contribution in [2.45, 2.75) is 48.7 Å². The highest BCUT2D eigenvalue weighted by atomic mass is 32.2. The van der Waals surface area contributed by atoms with Crippen LogP contribution in [0.3, 0.4) is 0 Å². The minimum atomic E-state index is 0.763. The molecule has 1 fully saturated rings. The number of fused-ring (bicyclic) bond motifs is 1. The smallest absolute Gasteiger partial charge is 0.0138 e. The Labute approximate surface area is 115 Å². The number of benzene rings is 1. The Morgan fingerprint density at radius 1 is 1.22 bits per heavy atom. The monoisotopic (exact) mass is 261 g/mol. The van der Waals surface area contributed by atoms with Crippen LogP contribution >= 0.6 is 11.8 Å². The van der Waals surface area contributed by atoms with E-state index >= 15 is 0 Å². The third-order valence-electron chi connectivity index (χ3n) is 4.65. The highest BCUT2D eigenvalue weighted by Crippen LogP contribution is 2.42. The van der Waals surface area contributed by atoms with Gasteiger partial charge in [-0.05, 0) is 42.9 Å². The van der Waals surface area contributed by atoms with Gasteiger partial charge in [-0.25, -0.2) is 0 Å². The first-order valence-electron chi connectivity index (χ1n) is 7.31. The fourth-order valence-corrected chi connectivity index (χ4v) is 5.06. The Hall–Kier alpha value is -0.470. The molecule has 2 heteroatoms. The number of hydrogen-bond acceptors (Lipinski definition) is 2. The van der Waals surface area contributed by atoms with E-state index in [1.807, 2.05) is 0 Å². The lowest BCUT2D eigenvalue weighted by atomic mass is 9.86. The summed E-state index contributed by atoms with van der Waals surface area (Å²) < 4.78 is 0. The van der Waals surface area contributed by atoms with Crippen LogP contribution in [0.15, 0.2) is 29.2 Å². The summed E-state index contributed by atoms with van der Waals surface area (Å²) in [5.74, 6) is 1.68. The maximum atomic E-state index is 6.03. The van der Waals surface area contributed by atoms with Crippen LogP contribution in [0.5, 0.6) is 0 Å². The molecule has 1 aromatic carbocycles. The third kappa shape index (κ3) is 2.60. The van der Waals surface area contributed by atoms with E-state index in [9.17, 15) is 0 Å². The molecule has 0 aromatic heterocycles. The molecule has 2 unspecified atom stereocenters. The summed E-state index contributed by atoms with van der Waals surface area (Å²) in [5, 5.41) is 0.775. The lowest BCUT2D eigenvalue weighted by Crippen LogP contribution is -2.25. The predicted molar refractivity (Wildman–Crippen MR) is 78.9 cm³/mol. The zero-order valence-electron chi connectivity index (χ0n) is 11.0. The van der Waals surface area contributed by atoms with E-state index in [0.717, 1.165) is 23.6 Å². The zero-order valence-corrected chi connectivity index (χ0v) is 11.8. The summed E-state index contributed by atoms with van der Waals surface area (Å²) in [4.78, 5) is 1.50. The normalized spacial score (nSPS) is 25.3. The lowest BCUT2D eigenvalue weighted by molar-refractivity contribution is 0.324. The molecule has 1 aliphatic carbocycles. The quantitative estimate of drug-likeness (QED) is 0.890. The molecule has 2 aliphatic rings. The first kappa shape index (κ1) is 12.6. The maximum Gasteiger partial charge on any atom is 0.0138 e. The summed E-state index contributed by atoms with van der Waals surface area (Å²) >= 11 is 2.08. The van der Waals surface area contributed by atoms with Crippen LogP contribution in [0.1, 0.15) is 37.7 Å². The molecule has 0 amide bonds. The van der Waals surface area contributed by atoms with Crippen LogP contribution in [-0.4, -0.2) is 11.8 Å². The molecule has 0 spiro atoms. The van der Waals surface area contributed by atoms with Crippen molar-refractivity contribution < 1.29 is 0 Å². The average molecular weight is 261 g/mol. The zero-order chi connectivity index (χ0) is 12.4. The van der Waals surface area contributed by atoms with Gasteiger partial charge in [-0.1, -0.05) is 43.9 Å². The van der Waals surface area contributed by atoms with Crippen LogP contribution in [0.2, 0.25) is 0 Å². The van der Waals surface area contributed by atoms with Crippen molar-refractivity contribution >= 4 is 11.8 Å². The molecular weight excluding hydrogens is 238 g/mol. The number of nitrogens with two attached hydrogens (primary N) is 1. The van der Waals surface area contributed by atoms with Gasteiger partial charge >= 0.3 is 0 Å². The average Bonchev–Trinajstić information content (AvgIpc) is 3.04. The van der Waals surface area contributed by atoms with Gasteiger partial charge in [-0.2, -0.15) is 0 Å². The van der Waals surface area contributed by atoms with Crippen molar-refractivity contribution in [3.63, 3.8) is 0 Å². The van der Waals surface area contributed by atoms with E-state index in [4.69, 9.17) is 5.73 Å². The minimum Gasteiger partial charge on any atom is -0.330 e. The third-order valence-corrected chi connectivity index (χ3v) is 5.99. The molecule has 1 nitrogen and oxygen atoms in total. The van der Waals surface area contributed by atoms with Gasteiger partial charge in [0.25, 0.3) is 0 Å². The van der Waals surface area contributed by atoms with Crippen molar-refractivity contribution in [1.29, 1.82) is 0 Å². The fraction of sp³-hybridized carbons (Fsp3) is 0.625. The highest BCUT2D eigenvalue weighted by molar-refractivity contribution is 8.00. The summed E-state index contributed by atoms with van der Waals surface area (Å²) in [7, 11) is 0. The number of hydrogen-bond donors (Lipinski definition) is 1. The largest absolute Gasteiger partial charge is 0.330 e. The Bertz CT molecular complexity index is 373. The Morgan fingerprint density at radius 3 is 2.72 bits per heavy atom. The van der Waals surface area contributed by atoms with Crippen LogP contribution < -0.4 is 5.73 Å². The number of rotatable bonds is 4. The van der Waals surface area contributed by atoms with Crippen LogP contribution in [0.25, 0.3) is 0 Å². The van der Waals surface area contributed by atoms with E-state index in [-0.39, 0.29) is 0 Å². The van der Waals surface area contributed by atoms with Crippen molar-refractivity contribution in [2.24, 2.45) is 17.6 Å². The van der Waals surface area contributed by atoms with Gasteiger partial charge in [0.05, 0.1) is 0 Å². The van der Waals surface area contributed by atoms with Gasteiger partial charge in [-0.15, -0.1) is 11.8 Å². The summed E-state index contributed by atoms with van der Waals surface area (Å²) in [6.07, 6.45) is 8.28. The van der Waals surface area contributed by atoms with E-state index in [1.54, 1.807) is 5.56 Å². The summed E-state index contributed by atoms with van der Waals surface area (Å²) in [6, 6.07) is 8.88. The molecule has 2 atom stereocenters. The van der Waals surface area contributed by atoms with Crippen molar-refractivity contribution in [2.75, 3.05) is 6.54 Å². The second-order valence-corrected chi connectivity index (χ2v) is 7.17. The molecule has 1 aliphatic heterocycles. The maximum absolute atomic E-state index is 6.03. The van der Waals surface area contributed by atoms with Gasteiger partial charge in [0.2, 0.25) is 0 Å². The molecule has 18 heavy (non-hydrogen) atoms. The van der Waals surface area contributed by atoms with E-state index in [0.29, 0.717) is 0 Å². The minimum absolute atomic E-state index is 0.763. The molecule has 98 valence electrons. The van der Waals surface area contributed by atoms with Gasteiger partial charge < -0.3 is 5.73 Å². The molecule has 0 radical (unpaired) electrons. The Balaban J connectivity index is 1.60. The van der Waals surface area contributed by atoms with Gasteiger partial charge in [0, 0.05) is 10.1 Å². The molecule has 0 bridgehead atoms. The molecule has 1 heterocycles. The van der Waals surface area contributed by atoms with E-state index < -0.39 is 0 Å².